The molecule has 1 aliphatic rings. The van der Waals surface area contributed by atoms with Gasteiger partial charge in [-0.1, -0.05) is 39.7 Å². The summed E-state index contributed by atoms with van der Waals surface area (Å²) < 4.78 is 12.2. The van der Waals surface area contributed by atoms with Gasteiger partial charge in [0.1, 0.15) is 11.5 Å². The SMILES string of the molecule is O=C(COc1ccc2c(c1)O/C(=C\c1cccc(Br)c1)C2=O)c1ccc(Cl)cc1. The minimum Gasteiger partial charge on any atom is -0.485 e. The smallest absolute Gasteiger partial charge is 0.231 e. The van der Waals surface area contributed by atoms with Crippen LogP contribution in [0.15, 0.2) is 77.0 Å². The number of allylic oxidation sites excluding steroid dienone is 1. The lowest BCUT2D eigenvalue weighted by atomic mass is 10.1. The average molecular weight is 470 g/mol. The molecule has 0 saturated carbocycles. The molecule has 0 spiro atoms. The van der Waals surface area contributed by atoms with Crippen LogP contribution in [-0.2, 0) is 0 Å². The van der Waals surface area contributed by atoms with Crippen LogP contribution in [-0.4, -0.2) is 18.2 Å². The number of fused-ring (bicyclic) bond motifs is 1. The van der Waals surface area contributed by atoms with Crippen molar-refractivity contribution in [1.82, 2.24) is 0 Å². The van der Waals surface area contributed by atoms with E-state index in [2.05, 4.69) is 15.9 Å². The molecule has 3 aromatic rings. The number of carbonyl (C=O) groups is 2. The maximum atomic E-state index is 12.6. The van der Waals surface area contributed by atoms with Crippen molar-refractivity contribution in [2.45, 2.75) is 0 Å². The molecule has 4 nitrogen and oxygen atoms in total. The van der Waals surface area contributed by atoms with Crippen molar-refractivity contribution in [2.75, 3.05) is 6.61 Å². The van der Waals surface area contributed by atoms with Gasteiger partial charge in [-0.25, -0.2) is 0 Å². The van der Waals surface area contributed by atoms with Gasteiger partial charge in [0, 0.05) is 21.1 Å². The summed E-state index contributed by atoms with van der Waals surface area (Å²) in [6.07, 6.45) is 1.69. The molecule has 1 aliphatic heterocycles. The Kier molecular flexibility index (Phi) is 5.51. The molecule has 0 aliphatic carbocycles. The topological polar surface area (TPSA) is 52.6 Å². The number of carbonyl (C=O) groups excluding carboxylic acids is 2. The Morgan fingerprint density at radius 3 is 2.62 bits per heavy atom. The van der Waals surface area contributed by atoms with Gasteiger partial charge in [-0.3, -0.25) is 9.59 Å². The highest BCUT2D eigenvalue weighted by molar-refractivity contribution is 9.10. The van der Waals surface area contributed by atoms with Gasteiger partial charge in [-0.2, -0.15) is 0 Å². The number of ketones is 2. The van der Waals surface area contributed by atoms with E-state index < -0.39 is 0 Å². The number of benzene rings is 3. The number of ether oxygens (including phenoxy) is 2. The lowest BCUT2D eigenvalue weighted by Crippen LogP contribution is -2.11. The summed E-state index contributed by atoms with van der Waals surface area (Å²) >= 11 is 9.24. The largest absolute Gasteiger partial charge is 0.485 e. The molecular formula is C23H14BrClO4. The van der Waals surface area contributed by atoms with Crippen molar-refractivity contribution in [2.24, 2.45) is 0 Å². The predicted octanol–water partition coefficient (Wildman–Crippen LogP) is 5.98. The minimum atomic E-state index is -0.191. The summed E-state index contributed by atoms with van der Waals surface area (Å²) in [5.41, 5.74) is 1.82. The normalized spacial score (nSPS) is 13.9. The van der Waals surface area contributed by atoms with Crippen LogP contribution >= 0.6 is 27.5 Å². The molecule has 0 saturated heterocycles. The van der Waals surface area contributed by atoms with E-state index in [0.29, 0.717) is 27.6 Å². The van der Waals surface area contributed by atoms with E-state index in [1.165, 1.54) is 0 Å². The summed E-state index contributed by atoms with van der Waals surface area (Å²) in [5, 5.41) is 0.564. The highest BCUT2D eigenvalue weighted by atomic mass is 79.9. The van der Waals surface area contributed by atoms with Gasteiger partial charge in [0.05, 0.1) is 5.56 Å². The molecule has 3 aromatic carbocycles. The van der Waals surface area contributed by atoms with Crippen LogP contribution in [0.3, 0.4) is 0 Å². The van der Waals surface area contributed by atoms with Gasteiger partial charge in [-0.15, -0.1) is 0 Å². The number of halogens is 2. The summed E-state index contributed by atoms with van der Waals surface area (Å²) in [6.45, 7) is -0.130. The van der Waals surface area contributed by atoms with Crippen molar-refractivity contribution < 1.29 is 19.1 Å². The fourth-order valence-corrected chi connectivity index (χ4v) is 3.42. The Morgan fingerprint density at radius 2 is 1.86 bits per heavy atom. The number of Topliss-reactive ketones (excluding diaryl/α,β-unsaturated/α-hetero) is 2. The molecule has 0 bridgehead atoms. The van der Waals surface area contributed by atoms with E-state index in [9.17, 15) is 9.59 Å². The van der Waals surface area contributed by atoms with E-state index in [-0.39, 0.29) is 23.9 Å². The Labute approximate surface area is 180 Å². The van der Waals surface area contributed by atoms with Crippen molar-refractivity contribution >= 4 is 45.2 Å². The number of rotatable bonds is 5. The van der Waals surface area contributed by atoms with Crippen LogP contribution in [0, 0.1) is 0 Å². The van der Waals surface area contributed by atoms with Gasteiger partial charge in [0.25, 0.3) is 0 Å². The van der Waals surface area contributed by atoms with Crippen LogP contribution < -0.4 is 9.47 Å². The van der Waals surface area contributed by atoms with Gasteiger partial charge < -0.3 is 9.47 Å². The Hall–Kier alpha value is -2.89. The first-order chi connectivity index (χ1) is 14.0. The highest BCUT2D eigenvalue weighted by Crippen LogP contribution is 2.35. The molecule has 0 unspecified atom stereocenters. The predicted molar refractivity (Wildman–Crippen MR) is 115 cm³/mol. The zero-order valence-electron chi connectivity index (χ0n) is 15.0. The summed E-state index contributed by atoms with van der Waals surface area (Å²) in [5.74, 6) is 0.737. The van der Waals surface area contributed by atoms with Gasteiger partial charge in [0.15, 0.2) is 18.1 Å². The first kappa shape index (κ1) is 19.4. The maximum Gasteiger partial charge on any atom is 0.231 e. The molecule has 0 aromatic heterocycles. The zero-order chi connectivity index (χ0) is 20.4. The van der Waals surface area contributed by atoms with E-state index in [1.807, 2.05) is 24.3 Å². The van der Waals surface area contributed by atoms with Crippen molar-refractivity contribution in [3.05, 3.63) is 98.7 Å². The molecule has 4 rings (SSSR count). The maximum absolute atomic E-state index is 12.6. The quantitative estimate of drug-likeness (QED) is 0.341. The molecule has 0 amide bonds. The van der Waals surface area contributed by atoms with Crippen LogP contribution in [0.1, 0.15) is 26.3 Å². The van der Waals surface area contributed by atoms with Crippen LogP contribution in [0.25, 0.3) is 6.08 Å². The van der Waals surface area contributed by atoms with E-state index >= 15 is 0 Å². The van der Waals surface area contributed by atoms with E-state index in [4.69, 9.17) is 21.1 Å². The first-order valence-electron chi connectivity index (χ1n) is 8.75. The molecule has 0 N–H and O–H groups in total. The molecule has 0 atom stereocenters. The van der Waals surface area contributed by atoms with Gasteiger partial charge >= 0.3 is 0 Å². The second-order valence-corrected chi connectivity index (χ2v) is 7.72. The first-order valence-corrected chi connectivity index (χ1v) is 9.92. The molecule has 1 heterocycles. The monoisotopic (exact) mass is 468 g/mol. The molecular weight excluding hydrogens is 456 g/mol. The summed E-state index contributed by atoms with van der Waals surface area (Å²) in [6, 6.07) is 19.1. The van der Waals surface area contributed by atoms with Gasteiger partial charge in [0.2, 0.25) is 5.78 Å². The van der Waals surface area contributed by atoms with Crippen LogP contribution in [0.2, 0.25) is 5.02 Å². The third-order valence-corrected chi connectivity index (χ3v) is 5.07. The molecule has 6 heteroatoms. The van der Waals surface area contributed by atoms with Crippen molar-refractivity contribution in [1.29, 1.82) is 0 Å². The molecule has 0 fully saturated rings. The summed E-state index contributed by atoms with van der Waals surface area (Å²) in [4.78, 5) is 24.8. The Balaban J connectivity index is 1.47. The molecule has 0 radical (unpaired) electrons. The average Bonchev–Trinajstić information content (AvgIpc) is 3.01. The lowest BCUT2D eigenvalue weighted by molar-refractivity contribution is 0.0921. The molecule has 144 valence electrons. The standard InChI is InChI=1S/C23H14BrClO4/c24-16-3-1-2-14(10-16)11-22-23(27)19-9-8-18(12-21(19)29-22)28-13-20(26)15-4-6-17(25)7-5-15/h1-12H,13H2/b22-11-. The second-order valence-electron chi connectivity index (χ2n) is 6.37. The fourth-order valence-electron chi connectivity index (χ4n) is 2.87. The third kappa shape index (κ3) is 4.42. The number of hydrogen-bond acceptors (Lipinski definition) is 4. The highest BCUT2D eigenvalue weighted by Gasteiger charge is 2.27. The zero-order valence-corrected chi connectivity index (χ0v) is 17.4. The van der Waals surface area contributed by atoms with E-state index in [1.54, 1.807) is 48.5 Å². The molecule has 29 heavy (non-hydrogen) atoms. The lowest BCUT2D eigenvalue weighted by Gasteiger charge is -2.07. The van der Waals surface area contributed by atoms with Gasteiger partial charge in [-0.05, 0) is 60.2 Å². The van der Waals surface area contributed by atoms with Crippen LogP contribution in [0.5, 0.6) is 11.5 Å². The second kappa shape index (κ2) is 8.23. The van der Waals surface area contributed by atoms with Crippen LogP contribution in [0.4, 0.5) is 0 Å². The third-order valence-electron chi connectivity index (χ3n) is 4.32. The van der Waals surface area contributed by atoms with E-state index in [0.717, 1.165) is 10.0 Å². The Bertz CT molecular complexity index is 1140. The fraction of sp³-hybridized carbons (Fsp3) is 0.0435. The minimum absolute atomic E-state index is 0.130. The summed E-state index contributed by atoms with van der Waals surface area (Å²) in [7, 11) is 0. The van der Waals surface area contributed by atoms with Crippen molar-refractivity contribution in [3.8, 4) is 11.5 Å². The number of hydrogen-bond donors (Lipinski definition) is 0. The Morgan fingerprint density at radius 1 is 1.07 bits per heavy atom. The van der Waals surface area contributed by atoms with Crippen molar-refractivity contribution in [3.63, 3.8) is 0 Å².